The molecule has 0 unspecified atom stereocenters. The molecule has 0 atom stereocenters. The number of fused-ring (bicyclic) bond motifs is 1. The normalized spacial score (nSPS) is 12.2. The molecule has 1 N–H and O–H groups in total. The fourth-order valence-electron chi connectivity index (χ4n) is 2.92. The largest absolute Gasteiger partial charge is 0.457 e. The van der Waals surface area contributed by atoms with Crippen LogP contribution in [0.2, 0.25) is 0 Å². The van der Waals surface area contributed by atoms with Crippen LogP contribution in [0.15, 0.2) is 78.9 Å². The van der Waals surface area contributed by atoms with Crippen molar-refractivity contribution >= 4 is 23.3 Å². The molecule has 1 amide bonds. The second-order valence-corrected chi connectivity index (χ2v) is 5.86. The molecule has 1 heterocycles. The number of hydrogen-bond acceptors (Lipinski definition) is 4. The highest BCUT2D eigenvalue weighted by molar-refractivity contribution is 6.10. The molecular formula is C21H16N2O3. The first-order chi connectivity index (χ1) is 12.7. The first kappa shape index (κ1) is 15.9. The summed E-state index contributed by atoms with van der Waals surface area (Å²) in [4.78, 5) is 25.1. The van der Waals surface area contributed by atoms with E-state index in [-0.39, 0.29) is 12.5 Å². The Kier molecular flexibility index (Phi) is 4.11. The third-order valence-electron chi connectivity index (χ3n) is 4.21. The van der Waals surface area contributed by atoms with Crippen LogP contribution in [0, 0.1) is 0 Å². The van der Waals surface area contributed by atoms with Gasteiger partial charge in [0.2, 0.25) is 0 Å². The Balaban J connectivity index is 1.75. The van der Waals surface area contributed by atoms with Crippen molar-refractivity contribution in [3.63, 3.8) is 0 Å². The molecule has 0 fully saturated rings. The van der Waals surface area contributed by atoms with Crippen LogP contribution in [0.25, 0.3) is 0 Å². The fourth-order valence-corrected chi connectivity index (χ4v) is 2.92. The quantitative estimate of drug-likeness (QED) is 0.573. The smallest absolute Gasteiger partial charge is 0.338 e. The van der Waals surface area contributed by atoms with E-state index in [1.807, 2.05) is 60.7 Å². The zero-order valence-electron chi connectivity index (χ0n) is 13.9. The lowest BCUT2D eigenvalue weighted by Gasteiger charge is -2.25. The second kappa shape index (κ2) is 6.72. The van der Waals surface area contributed by atoms with Crippen molar-refractivity contribution in [1.29, 1.82) is 0 Å². The second-order valence-electron chi connectivity index (χ2n) is 5.86. The molecule has 0 spiro atoms. The molecular weight excluding hydrogens is 328 g/mol. The average molecular weight is 344 g/mol. The summed E-state index contributed by atoms with van der Waals surface area (Å²) in [5.41, 5.74) is 6.15. The number of nitrogens with zero attached hydrogens (tertiary/aromatic N) is 1. The zero-order chi connectivity index (χ0) is 17.9. The number of nitrogens with one attached hydrogen (secondary N) is 1. The third kappa shape index (κ3) is 2.91. The van der Waals surface area contributed by atoms with Crippen molar-refractivity contribution in [3.8, 4) is 0 Å². The van der Waals surface area contributed by atoms with Crippen molar-refractivity contribution in [2.24, 2.45) is 0 Å². The van der Waals surface area contributed by atoms with E-state index in [1.165, 1.54) is 5.01 Å². The Hall–Kier alpha value is -3.60. The molecule has 5 nitrogen and oxygen atoms in total. The number of cyclic esters (lactones) is 1. The lowest BCUT2D eigenvalue weighted by molar-refractivity contribution is 0.0534. The minimum absolute atomic E-state index is 0.115. The molecule has 5 heteroatoms. The van der Waals surface area contributed by atoms with Crippen LogP contribution in [0.4, 0.5) is 11.4 Å². The van der Waals surface area contributed by atoms with Crippen molar-refractivity contribution in [1.82, 2.24) is 0 Å². The molecule has 128 valence electrons. The van der Waals surface area contributed by atoms with E-state index >= 15 is 0 Å². The number of anilines is 2. The van der Waals surface area contributed by atoms with Crippen molar-refractivity contribution < 1.29 is 14.3 Å². The number of hydrazine groups is 1. The Morgan fingerprint density at radius 2 is 1.58 bits per heavy atom. The average Bonchev–Trinajstić information content (AvgIpc) is 3.08. The van der Waals surface area contributed by atoms with Gasteiger partial charge in [0.05, 0.1) is 16.9 Å². The number of para-hydroxylation sites is 2. The molecule has 1 aliphatic heterocycles. The molecule has 0 aromatic heterocycles. The van der Waals surface area contributed by atoms with Gasteiger partial charge in [0.25, 0.3) is 5.91 Å². The highest BCUT2D eigenvalue weighted by Crippen LogP contribution is 2.26. The van der Waals surface area contributed by atoms with E-state index in [1.54, 1.807) is 18.2 Å². The monoisotopic (exact) mass is 344 g/mol. The zero-order valence-corrected chi connectivity index (χ0v) is 13.9. The molecule has 26 heavy (non-hydrogen) atoms. The maximum atomic E-state index is 13.3. The molecule has 0 bridgehead atoms. The van der Waals surface area contributed by atoms with Crippen LogP contribution in [0.5, 0.6) is 0 Å². The predicted octanol–water partition coefficient (Wildman–Crippen LogP) is 4.03. The SMILES string of the molecule is O=C1OCc2c1cccc2C(=O)N(Nc1ccccc1)c1ccccc1. The number of amides is 1. The number of ether oxygens (including phenoxy) is 1. The van der Waals surface area contributed by atoms with Gasteiger partial charge in [0.15, 0.2) is 0 Å². The summed E-state index contributed by atoms with van der Waals surface area (Å²) in [6.07, 6.45) is 0. The first-order valence-electron chi connectivity index (χ1n) is 8.24. The van der Waals surface area contributed by atoms with Gasteiger partial charge in [0, 0.05) is 11.1 Å². The molecule has 1 aliphatic rings. The number of carbonyl (C=O) groups is 2. The van der Waals surface area contributed by atoms with Gasteiger partial charge in [-0.05, 0) is 36.4 Å². The summed E-state index contributed by atoms with van der Waals surface area (Å²) < 4.78 is 5.09. The van der Waals surface area contributed by atoms with Gasteiger partial charge in [-0.1, -0.05) is 42.5 Å². The summed E-state index contributed by atoms with van der Waals surface area (Å²) in [7, 11) is 0. The minimum Gasteiger partial charge on any atom is -0.457 e. The Morgan fingerprint density at radius 1 is 0.885 bits per heavy atom. The molecule has 3 aromatic carbocycles. The molecule has 0 aliphatic carbocycles. The van der Waals surface area contributed by atoms with Gasteiger partial charge < -0.3 is 4.74 Å². The number of esters is 1. The van der Waals surface area contributed by atoms with Gasteiger partial charge in [-0.2, -0.15) is 0 Å². The third-order valence-corrected chi connectivity index (χ3v) is 4.21. The lowest BCUT2D eigenvalue weighted by atomic mass is 10.0. The molecule has 0 saturated heterocycles. The summed E-state index contributed by atoms with van der Waals surface area (Å²) in [5.74, 6) is -0.646. The van der Waals surface area contributed by atoms with E-state index in [9.17, 15) is 9.59 Å². The van der Waals surface area contributed by atoms with Gasteiger partial charge in [-0.3, -0.25) is 10.2 Å². The van der Waals surface area contributed by atoms with E-state index < -0.39 is 5.97 Å². The standard InChI is InChI=1S/C21H16N2O3/c24-20(17-12-7-13-18-19(17)14-26-21(18)25)23(16-10-5-2-6-11-16)22-15-8-3-1-4-9-15/h1-13,22H,14H2. The van der Waals surface area contributed by atoms with E-state index in [2.05, 4.69) is 5.43 Å². The van der Waals surface area contributed by atoms with Crippen molar-refractivity contribution in [2.45, 2.75) is 6.61 Å². The summed E-state index contributed by atoms with van der Waals surface area (Å²) >= 11 is 0. The number of rotatable bonds is 4. The van der Waals surface area contributed by atoms with Gasteiger partial charge in [0.1, 0.15) is 6.61 Å². The Morgan fingerprint density at radius 3 is 2.31 bits per heavy atom. The number of carbonyl (C=O) groups excluding carboxylic acids is 2. The van der Waals surface area contributed by atoms with Crippen LogP contribution in [-0.4, -0.2) is 11.9 Å². The van der Waals surface area contributed by atoms with E-state index in [0.29, 0.717) is 22.4 Å². The molecule has 3 aromatic rings. The van der Waals surface area contributed by atoms with Crippen molar-refractivity contribution in [2.75, 3.05) is 10.4 Å². The topological polar surface area (TPSA) is 58.6 Å². The highest BCUT2D eigenvalue weighted by Gasteiger charge is 2.29. The lowest BCUT2D eigenvalue weighted by Crippen LogP contribution is -2.37. The van der Waals surface area contributed by atoms with E-state index in [0.717, 1.165) is 5.69 Å². The first-order valence-corrected chi connectivity index (χ1v) is 8.24. The van der Waals surface area contributed by atoms with Crippen LogP contribution in [-0.2, 0) is 11.3 Å². The Labute approximate surface area is 150 Å². The van der Waals surface area contributed by atoms with Gasteiger partial charge >= 0.3 is 5.97 Å². The number of benzene rings is 3. The van der Waals surface area contributed by atoms with E-state index in [4.69, 9.17) is 4.74 Å². The maximum absolute atomic E-state index is 13.3. The Bertz CT molecular complexity index is 956. The summed E-state index contributed by atoms with van der Waals surface area (Å²) in [6, 6.07) is 23.9. The van der Waals surface area contributed by atoms with Crippen LogP contribution in [0.3, 0.4) is 0 Å². The number of hydrogen-bond donors (Lipinski definition) is 1. The molecule has 0 radical (unpaired) electrons. The fraction of sp³-hybridized carbons (Fsp3) is 0.0476. The highest BCUT2D eigenvalue weighted by atomic mass is 16.5. The molecule has 4 rings (SSSR count). The maximum Gasteiger partial charge on any atom is 0.338 e. The van der Waals surface area contributed by atoms with Gasteiger partial charge in [-0.25, -0.2) is 9.80 Å². The van der Waals surface area contributed by atoms with Crippen LogP contribution >= 0.6 is 0 Å². The summed E-state index contributed by atoms with van der Waals surface area (Å²) in [6.45, 7) is 0.115. The van der Waals surface area contributed by atoms with Gasteiger partial charge in [-0.15, -0.1) is 0 Å². The van der Waals surface area contributed by atoms with Crippen LogP contribution < -0.4 is 10.4 Å². The minimum atomic E-state index is -0.392. The predicted molar refractivity (Wildman–Crippen MR) is 98.9 cm³/mol. The van der Waals surface area contributed by atoms with Crippen molar-refractivity contribution in [3.05, 3.63) is 95.6 Å². The van der Waals surface area contributed by atoms with Crippen LogP contribution in [0.1, 0.15) is 26.3 Å². The molecule has 0 saturated carbocycles. The summed E-state index contributed by atoms with van der Waals surface area (Å²) in [5, 5.41) is 1.48.